The van der Waals surface area contributed by atoms with Crippen LogP contribution < -0.4 is 5.32 Å². The van der Waals surface area contributed by atoms with Gasteiger partial charge in [-0.1, -0.05) is 31.0 Å². The standard InChI is InChI=1S/C11H19N3S/c1-12-9-5-3-2-4-6-10(9)15-11-13-7-8-14-11/h7-10,12H,2-6H2,1H3,(H,13,14). The molecule has 0 radical (unpaired) electrons. The van der Waals surface area contributed by atoms with Gasteiger partial charge in [0.2, 0.25) is 0 Å². The van der Waals surface area contributed by atoms with E-state index < -0.39 is 0 Å². The molecule has 84 valence electrons. The fourth-order valence-electron chi connectivity index (χ4n) is 2.20. The number of imidazole rings is 1. The number of H-pyrrole nitrogens is 1. The number of thioether (sulfide) groups is 1. The molecular weight excluding hydrogens is 206 g/mol. The minimum atomic E-state index is 0.641. The van der Waals surface area contributed by atoms with Gasteiger partial charge in [-0.2, -0.15) is 0 Å². The molecule has 2 atom stereocenters. The van der Waals surface area contributed by atoms with Gasteiger partial charge in [-0.3, -0.25) is 0 Å². The largest absolute Gasteiger partial charge is 0.340 e. The first-order chi connectivity index (χ1) is 7.40. The highest BCUT2D eigenvalue weighted by Crippen LogP contribution is 2.31. The van der Waals surface area contributed by atoms with E-state index in [0.717, 1.165) is 5.16 Å². The fraction of sp³-hybridized carbons (Fsp3) is 0.727. The minimum absolute atomic E-state index is 0.641. The average Bonchev–Trinajstić information content (AvgIpc) is 2.64. The van der Waals surface area contributed by atoms with Crippen LogP contribution in [0.5, 0.6) is 0 Å². The maximum atomic E-state index is 4.29. The van der Waals surface area contributed by atoms with Crippen LogP contribution in [0.4, 0.5) is 0 Å². The van der Waals surface area contributed by atoms with Crippen LogP contribution in [0.3, 0.4) is 0 Å². The van der Waals surface area contributed by atoms with Crippen LogP contribution in [0, 0.1) is 0 Å². The van der Waals surface area contributed by atoms with Crippen LogP contribution in [0.25, 0.3) is 0 Å². The molecule has 1 fully saturated rings. The summed E-state index contributed by atoms with van der Waals surface area (Å²) in [6, 6.07) is 0.641. The van der Waals surface area contributed by atoms with Crippen molar-refractivity contribution >= 4 is 11.8 Å². The summed E-state index contributed by atoms with van der Waals surface area (Å²) in [6.45, 7) is 0. The Labute approximate surface area is 95.4 Å². The van der Waals surface area contributed by atoms with Crippen molar-refractivity contribution in [2.75, 3.05) is 7.05 Å². The molecular formula is C11H19N3S. The second-order valence-corrected chi connectivity index (χ2v) is 5.31. The molecule has 0 amide bonds. The first-order valence-electron chi connectivity index (χ1n) is 5.73. The molecule has 2 rings (SSSR count). The molecule has 15 heavy (non-hydrogen) atoms. The minimum Gasteiger partial charge on any atom is -0.340 e. The third-order valence-electron chi connectivity index (χ3n) is 3.06. The van der Waals surface area contributed by atoms with E-state index in [1.807, 2.05) is 24.2 Å². The Morgan fingerprint density at radius 2 is 2.27 bits per heavy atom. The molecule has 0 aliphatic heterocycles. The van der Waals surface area contributed by atoms with Crippen molar-refractivity contribution in [2.24, 2.45) is 0 Å². The predicted molar refractivity (Wildman–Crippen MR) is 64.2 cm³/mol. The molecule has 4 heteroatoms. The quantitative estimate of drug-likeness (QED) is 0.776. The first kappa shape index (κ1) is 11.0. The topological polar surface area (TPSA) is 40.7 Å². The summed E-state index contributed by atoms with van der Waals surface area (Å²) >= 11 is 1.89. The highest BCUT2D eigenvalue weighted by Gasteiger charge is 2.23. The average molecular weight is 225 g/mol. The van der Waals surface area contributed by atoms with E-state index in [9.17, 15) is 0 Å². The Balaban J connectivity index is 1.97. The first-order valence-corrected chi connectivity index (χ1v) is 6.61. The van der Waals surface area contributed by atoms with E-state index in [2.05, 4.69) is 22.3 Å². The molecule has 2 N–H and O–H groups in total. The molecule has 0 aromatic carbocycles. The second-order valence-electron chi connectivity index (χ2n) is 4.08. The van der Waals surface area contributed by atoms with E-state index in [4.69, 9.17) is 0 Å². The van der Waals surface area contributed by atoms with Crippen molar-refractivity contribution in [3.05, 3.63) is 12.4 Å². The number of rotatable bonds is 3. The zero-order chi connectivity index (χ0) is 10.5. The van der Waals surface area contributed by atoms with E-state index in [1.54, 1.807) is 0 Å². The van der Waals surface area contributed by atoms with Crippen molar-refractivity contribution in [2.45, 2.75) is 48.6 Å². The second kappa shape index (κ2) is 5.56. The van der Waals surface area contributed by atoms with Crippen molar-refractivity contribution in [1.82, 2.24) is 15.3 Å². The molecule has 1 aliphatic carbocycles. The lowest BCUT2D eigenvalue weighted by Gasteiger charge is -2.23. The van der Waals surface area contributed by atoms with Gasteiger partial charge < -0.3 is 10.3 Å². The van der Waals surface area contributed by atoms with Gasteiger partial charge >= 0.3 is 0 Å². The molecule has 0 saturated heterocycles. The normalized spacial score (nSPS) is 27.5. The van der Waals surface area contributed by atoms with E-state index in [0.29, 0.717) is 11.3 Å². The highest BCUT2D eigenvalue weighted by atomic mass is 32.2. The third kappa shape index (κ3) is 2.98. The van der Waals surface area contributed by atoms with Crippen LogP contribution in [0.1, 0.15) is 32.1 Å². The lowest BCUT2D eigenvalue weighted by atomic mass is 10.1. The molecule has 0 spiro atoms. The molecule has 0 bridgehead atoms. The van der Waals surface area contributed by atoms with Crippen LogP contribution in [-0.2, 0) is 0 Å². The zero-order valence-corrected chi connectivity index (χ0v) is 10.0. The summed E-state index contributed by atoms with van der Waals surface area (Å²) in [4.78, 5) is 7.46. The van der Waals surface area contributed by atoms with E-state index in [-0.39, 0.29) is 0 Å². The summed E-state index contributed by atoms with van der Waals surface area (Å²) in [6.07, 6.45) is 10.4. The van der Waals surface area contributed by atoms with Gasteiger partial charge in [0, 0.05) is 23.7 Å². The third-order valence-corrected chi connectivity index (χ3v) is 4.37. The summed E-state index contributed by atoms with van der Waals surface area (Å²) in [5.74, 6) is 0. The molecule has 2 unspecified atom stereocenters. The van der Waals surface area contributed by atoms with Crippen LogP contribution >= 0.6 is 11.8 Å². The smallest absolute Gasteiger partial charge is 0.165 e. The summed E-state index contributed by atoms with van der Waals surface area (Å²) in [5.41, 5.74) is 0. The molecule has 1 aromatic rings. The number of aromatic nitrogens is 2. The molecule has 1 aromatic heterocycles. The van der Waals surface area contributed by atoms with E-state index >= 15 is 0 Å². The number of aromatic amines is 1. The van der Waals surface area contributed by atoms with Crippen molar-refractivity contribution in [1.29, 1.82) is 0 Å². The highest BCUT2D eigenvalue weighted by molar-refractivity contribution is 7.99. The van der Waals surface area contributed by atoms with Gasteiger partial charge in [-0.15, -0.1) is 0 Å². The monoisotopic (exact) mass is 225 g/mol. The molecule has 1 heterocycles. The zero-order valence-electron chi connectivity index (χ0n) is 9.20. The molecule has 1 aliphatic rings. The number of nitrogens with one attached hydrogen (secondary N) is 2. The molecule has 3 nitrogen and oxygen atoms in total. The van der Waals surface area contributed by atoms with Gasteiger partial charge in [0.1, 0.15) is 0 Å². The molecule has 1 saturated carbocycles. The summed E-state index contributed by atoms with van der Waals surface area (Å²) in [7, 11) is 2.08. The Morgan fingerprint density at radius 3 is 3.00 bits per heavy atom. The van der Waals surface area contributed by atoms with Gasteiger partial charge in [0.25, 0.3) is 0 Å². The van der Waals surface area contributed by atoms with E-state index in [1.165, 1.54) is 32.1 Å². The number of hydrogen-bond donors (Lipinski definition) is 2. The predicted octanol–water partition coefficient (Wildman–Crippen LogP) is 2.42. The van der Waals surface area contributed by atoms with Gasteiger partial charge in [-0.25, -0.2) is 4.98 Å². The van der Waals surface area contributed by atoms with Crippen molar-refractivity contribution in [3.8, 4) is 0 Å². The van der Waals surface area contributed by atoms with Crippen LogP contribution in [0.15, 0.2) is 17.6 Å². The van der Waals surface area contributed by atoms with Crippen LogP contribution in [-0.4, -0.2) is 28.3 Å². The Hall–Kier alpha value is -0.480. The van der Waals surface area contributed by atoms with Gasteiger partial charge in [0.15, 0.2) is 5.16 Å². The van der Waals surface area contributed by atoms with Gasteiger partial charge in [0.05, 0.1) is 0 Å². The maximum absolute atomic E-state index is 4.29. The summed E-state index contributed by atoms with van der Waals surface area (Å²) in [5, 5.41) is 5.17. The van der Waals surface area contributed by atoms with Crippen molar-refractivity contribution in [3.63, 3.8) is 0 Å². The lowest BCUT2D eigenvalue weighted by Crippen LogP contribution is -2.34. The van der Waals surface area contributed by atoms with Crippen LogP contribution in [0.2, 0.25) is 0 Å². The number of hydrogen-bond acceptors (Lipinski definition) is 3. The Kier molecular flexibility index (Phi) is 4.09. The van der Waals surface area contributed by atoms with Gasteiger partial charge in [-0.05, 0) is 19.9 Å². The number of nitrogens with zero attached hydrogens (tertiary/aromatic N) is 1. The SMILES string of the molecule is CNC1CCCCCC1Sc1ncc[nH]1. The Morgan fingerprint density at radius 1 is 1.40 bits per heavy atom. The lowest BCUT2D eigenvalue weighted by molar-refractivity contribution is 0.509. The summed E-state index contributed by atoms with van der Waals surface area (Å²) < 4.78 is 0. The Bertz CT molecular complexity index is 273. The maximum Gasteiger partial charge on any atom is 0.165 e. The van der Waals surface area contributed by atoms with Crippen molar-refractivity contribution < 1.29 is 0 Å². The fourth-order valence-corrected chi connectivity index (χ4v) is 3.47.